The number of urea groups is 1. The van der Waals surface area contributed by atoms with Gasteiger partial charge >= 0.3 is 12.0 Å². The third kappa shape index (κ3) is 6.06. The Morgan fingerprint density at radius 2 is 1.83 bits per heavy atom. The van der Waals surface area contributed by atoms with E-state index in [0.717, 1.165) is 24.0 Å². The minimum atomic E-state index is -4.14. The Morgan fingerprint density at radius 1 is 1.11 bits per heavy atom. The highest BCUT2D eigenvalue weighted by Crippen LogP contribution is 2.25. The smallest absolute Gasteiger partial charge is 0.322 e. The molecule has 1 aromatic heterocycles. The highest BCUT2D eigenvalue weighted by Gasteiger charge is 2.30. The van der Waals surface area contributed by atoms with Crippen LogP contribution in [0.1, 0.15) is 29.9 Å². The molecule has 184 valence electrons. The van der Waals surface area contributed by atoms with Crippen LogP contribution >= 0.6 is 0 Å². The van der Waals surface area contributed by atoms with Crippen LogP contribution in [0.3, 0.4) is 0 Å². The van der Waals surface area contributed by atoms with Gasteiger partial charge in [-0.1, -0.05) is 41.6 Å². The Labute approximate surface area is 202 Å². The zero-order chi connectivity index (χ0) is 25.2. The van der Waals surface area contributed by atoms with Gasteiger partial charge in [0.05, 0.1) is 0 Å². The predicted octanol–water partition coefficient (Wildman–Crippen LogP) is 3.22. The van der Waals surface area contributed by atoms with Gasteiger partial charge in [0.25, 0.3) is 0 Å². The summed E-state index contributed by atoms with van der Waals surface area (Å²) in [5.74, 6) is -1.21. The van der Waals surface area contributed by atoms with Crippen molar-refractivity contribution in [1.29, 1.82) is 0 Å². The van der Waals surface area contributed by atoms with Crippen LogP contribution in [0.15, 0.2) is 57.9 Å². The number of aliphatic carboxylic acids is 1. The summed E-state index contributed by atoms with van der Waals surface area (Å²) < 4.78 is 32.6. The molecule has 1 atom stereocenters. The average Bonchev–Trinajstić information content (AvgIpc) is 3.54. The van der Waals surface area contributed by atoms with Crippen LogP contribution in [-0.2, 0) is 21.2 Å². The van der Waals surface area contributed by atoms with Crippen molar-refractivity contribution >= 4 is 27.7 Å². The number of nitrogens with zero attached hydrogens (tertiary/aromatic N) is 1. The van der Waals surface area contributed by atoms with Crippen LogP contribution in [0, 0.1) is 13.8 Å². The zero-order valence-corrected chi connectivity index (χ0v) is 20.1. The number of anilines is 1. The lowest BCUT2D eigenvalue weighted by Crippen LogP contribution is -2.42. The van der Waals surface area contributed by atoms with Crippen LogP contribution in [0.25, 0.3) is 11.1 Å². The van der Waals surface area contributed by atoms with Crippen molar-refractivity contribution in [3.8, 4) is 11.1 Å². The Hall–Kier alpha value is -3.70. The lowest BCUT2D eigenvalue weighted by molar-refractivity contribution is -0.138. The van der Waals surface area contributed by atoms with Crippen LogP contribution < -0.4 is 15.4 Å². The van der Waals surface area contributed by atoms with E-state index in [9.17, 15) is 23.1 Å². The van der Waals surface area contributed by atoms with Gasteiger partial charge in [0, 0.05) is 11.7 Å². The maximum atomic E-state index is 12.7. The van der Waals surface area contributed by atoms with Crippen LogP contribution in [0.2, 0.25) is 0 Å². The topological polar surface area (TPSA) is 151 Å². The van der Waals surface area contributed by atoms with Crippen molar-refractivity contribution in [2.24, 2.45) is 0 Å². The van der Waals surface area contributed by atoms with E-state index < -0.39 is 22.0 Å². The molecule has 1 heterocycles. The lowest BCUT2D eigenvalue weighted by Gasteiger charge is -2.15. The van der Waals surface area contributed by atoms with Gasteiger partial charge in [-0.2, -0.15) is 4.72 Å². The third-order valence-corrected chi connectivity index (χ3v) is 7.31. The van der Waals surface area contributed by atoms with E-state index in [1.807, 2.05) is 30.3 Å². The summed E-state index contributed by atoms with van der Waals surface area (Å²) in [5.41, 5.74) is 3.19. The summed E-state index contributed by atoms with van der Waals surface area (Å²) in [5, 5.41) is 18.9. The van der Waals surface area contributed by atoms with E-state index >= 15 is 0 Å². The van der Waals surface area contributed by atoms with Gasteiger partial charge in [-0.15, -0.1) is 0 Å². The monoisotopic (exact) mass is 498 g/mol. The predicted molar refractivity (Wildman–Crippen MR) is 128 cm³/mol. The first-order chi connectivity index (χ1) is 16.6. The molecule has 2 aromatic carbocycles. The van der Waals surface area contributed by atoms with Crippen LogP contribution in [-0.4, -0.2) is 42.8 Å². The molecule has 1 fully saturated rings. The quantitative estimate of drug-likeness (QED) is 0.354. The maximum absolute atomic E-state index is 12.7. The van der Waals surface area contributed by atoms with E-state index in [1.54, 1.807) is 18.2 Å². The number of aromatic nitrogens is 1. The first-order valence-electron chi connectivity index (χ1n) is 11.1. The average molecular weight is 499 g/mol. The van der Waals surface area contributed by atoms with Crippen molar-refractivity contribution in [2.75, 3.05) is 5.32 Å². The second-order valence-corrected chi connectivity index (χ2v) is 10.2. The number of carbonyl (C=O) groups excluding carboxylic acids is 1. The number of carboxylic acid groups (broad SMARTS) is 1. The van der Waals surface area contributed by atoms with E-state index in [0.29, 0.717) is 11.3 Å². The van der Waals surface area contributed by atoms with Crippen LogP contribution in [0.5, 0.6) is 0 Å². The second kappa shape index (κ2) is 9.88. The highest BCUT2D eigenvalue weighted by atomic mass is 32.2. The molecule has 0 aliphatic heterocycles. The summed E-state index contributed by atoms with van der Waals surface area (Å²) in [7, 11) is -4.14. The zero-order valence-electron chi connectivity index (χ0n) is 19.2. The number of benzene rings is 2. The molecule has 1 saturated carbocycles. The van der Waals surface area contributed by atoms with Crippen molar-refractivity contribution < 1.29 is 27.6 Å². The summed E-state index contributed by atoms with van der Waals surface area (Å²) >= 11 is 0. The standard InChI is InChI=1S/C24H26N4O6S/c1-14-22(15(2)34-27-14)35(32,33)28-21(23(29)30)12-16-6-8-17(9-7-16)18-4-3-5-20(13-18)26-24(31)25-19-10-11-19/h3-9,13,19,21,28H,10-12H2,1-2H3,(H,29,30)(H2,25,26,31). The molecule has 1 aliphatic rings. The molecule has 2 amide bonds. The Kier molecular flexibility index (Phi) is 6.90. The van der Waals surface area contributed by atoms with Gasteiger partial charge in [0.15, 0.2) is 5.76 Å². The highest BCUT2D eigenvalue weighted by molar-refractivity contribution is 7.89. The number of carbonyl (C=O) groups is 2. The summed E-state index contributed by atoms with van der Waals surface area (Å²) in [6.07, 6.45) is 1.95. The second-order valence-electron chi connectivity index (χ2n) is 8.52. The van der Waals surface area contributed by atoms with Crippen LogP contribution in [0.4, 0.5) is 10.5 Å². The number of hydrogen-bond acceptors (Lipinski definition) is 6. The molecular weight excluding hydrogens is 472 g/mol. The third-order valence-electron chi connectivity index (χ3n) is 5.59. The fourth-order valence-electron chi connectivity index (χ4n) is 3.71. The van der Waals surface area contributed by atoms with Gasteiger partial charge < -0.3 is 20.3 Å². The fourth-order valence-corrected chi connectivity index (χ4v) is 5.23. The van der Waals surface area contributed by atoms with Crippen molar-refractivity contribution in [1.82, 2.24) is 15.2 Å². The van der Waals surface area contributed by atoms with Gasteiger partial charge in [0.1, 0.15) is 16.6 Å². The molecule has 35 heavy (non-hydrogen) atoms. The number of amides is 2. The molecule has 4 rings (SSSR count). The Balaban J connectivity index is 1.45. The molecule has 10 nitrogen and oxygen atoms in total. The SMILES string of the molecule is Cc1noc(C)c1S(=O)(=O)NC(Cc1ccc(-c2cccc(NC(=O)NC3CC3)c2)cc1)C(=O)O. The molecule has 3 aromatic rings. The van der Waals surface area contributed by atoms with Gasteiger partial charge in [-0.05, 0) is 61.9 Å². The molecule has 1 unspecified atom stereocenters. The molecular formula is C24H26N4O6S. The summed E-state index contributed by atoms with van der Waals surface area (Å²) in [4.78, 5) is 23.6. The number of carboxylic acids is 1. The van der Waals surface area contributed by atoms with Crippen molar-refractivity contribution in [3.63, 3.8) is 0 Å². The van der Waals surface area contributed by atoms with Gasteiger partial charge in [0.2, 0.25) is 10.0 Å². The summed E-state index contributed by atoms with van der Waals surface area (Å²) in [6.45, 7) is 2.93. The molecule has 0 saturated heterocycles. The number of sulfonamides is 1. The number of aryl methyl sites for hydroxylation is 2. The first-order valence-corrected chi connectivity index (χ1v) is 12.6. The molecule has 11 heteroatoms. The Bertz CT molecular complexity index is 1330. The van der Waals surface area contributed by atoms with E-state index in [1.165, 1.54) is 13.8 Å². The molecule has 0 bridgehead atoms. The maximum Gasteiger partial charge on any atom is 0.322 e. The van der Waals surface area contributed by atoms with E-state index in [-0.39, 0.29) is 34.8 Å². The number of rotatable bonds is 9. The number of nitrogens with one attached hydrogen (secondary N) is 3. The lowest BCUT2D eigenvalue weighted by atomic mass is 10.0. The molecule has 0 spiro atoms. The van der Waals surface area contributed by atoms with Crippen molar-refractivity contribution in [2.45, 2.75) is 50.1 Å². The number of hydrogen-bond donors (Lipinski definition) is 4. The minimum Gasteiger partial charge on any atom is -0.480 e. The van der Waals surface area contributed by atoms with Crippen molar-refractivity contribution in [3.05, 3.63) is 65.5 Å². The normalized spacial score (nSPS) is 14.3. The fraction of sp³-hybridized carbons (Fsp3) is 0.292. The van der Waals surface area contributed by atoms with E-state index in [2.05, 4.69) is 20.5 Å². The largest absolute Gasteiger partial charge is 0.480 e. The minimum absolute atomic E-state index is 0.0544. The summed E-state index contributed by atoms with van der Waals surface area (Å²) in [6, 6.07) is 13.2. The Morgan fingerprint density at radius 3 is 2.43 bits per heavy atom. The first kappa shape index (κ1) is 24.4. The van der Waals surface area contributed by atoms with Gasteiger partial charge in [-0.3, -0.25) is 4.79 Å². The molecule has 4 N–H and O–H groups in total. The molecule has 1 aliphatic carbocycles. The van der Waals surface area contributed by atoms with E-state index in [4.69, 9.17) is 4.52 Å². The van der Waals surface area contributed by atoms with Gasteiger partial charge in [-0.25, -0.2) is 13.2 Å². The molecule has 0 radical (unpaired) electrons.